The van der Waals surface area contributed by atoms with Crippen molar-refractivity contribution < 1.29 is 9.90 Å². The molecule has 1 atom stereocenters. The molecule has 4 rings (SSSR count). The lowest BCUT2D eigenvalue weighted by Crippen LogP contribution is -2.52. The number of para-hydroxylation sites is 1. The van der Waals surface area contributed by atoms with E-state index in [0.29, 0.717) is 19.6 Å². The van der Waals surface area contributed by atoms with Crippen LogP contribution >= 0.6 is 27.3 Å². The Morgan fingerprint density at radius 3 is 2.84 bits per heavy atom. The van der Waals surface area contributed by atoms with Crippen molar-refractivity contribution in [3.05, 3.63) is 63.6 Å². The molecule has 0 bridgehead atoms. The van der Waals surface area contributed by atoms with E-state index in [2.05, 4.69) is 82.9 Å². The Balaban J connectivity index is 1.52. The lowest BCUT2D eigenvalue weighted by atomic mass is 10.0. The van der Waals surface area contributed by atoms with Crippen molar-refractivity contribution in [3.8, 4) is 0 Å². The largest absolute Gasteiger partial charge is 0.465 e. The maximum absolute atomic E-state index is 10.6. The Morgan fingerprint density at radius 1 is 1.26 bits per heavy atom. The van der Waals surface area contributed by atoms with Gasteiger partial charge in [-0.05, 0) is 57.5 Å². The topological polar surface area (TPSA) is 92.4 Å². The summed E-state index contributed by atoms with van der Waals surface area (Å²) in [6.07, 6.45) is 2.03. The summed E-state index contributed by atoms with van der Waals surface area (Å²) in [6, 6.07) is 10.5. The van der Waals surface area contributed by atoms with Crippen LogP contribution in [0.5, 0.6) is 0 Å². The van der Waals surface area contributed by atoms with Crippen LogP contribution < -0.4 is 16.0 Å². The molecular formula is C22H26BrN5O2S. The van der Waals surface area contributed by atoms with Gasteiger partial charge in [0.15, 0.2) is 4.57 Å². The van der Waals surface area contributed by atoms with E-state index in [1.54, 1.807) is 11.3 Å². The molecule has 9 heteroatoms. The maximum atomic E-state index is 10.6. The number of H-pyrrole nitrogens is 1. The first kappa shape index (κ1) is 21.9. The van der Waals surface area contributed by atoms with Crippen molar-refractivity contribution >= 4 is 50.3 Å². The summed E-state index contributed by atoms with van der Waals surface area (Å²) in [7, 11) is 1.99. The zero-order chi connectivity index (χ0) is 21.8. The second kappa shape index (κ2) is 9.44. The fraction of sp³-hybridized carbons (Fsp3) is 0.318. The summed E-state index contributed by atoms with van der Waals surface area (Å²) in [5, 5.41) is 23.9. The van der Waals surface area contributed by atoms with E-state index in [0.717, 1.165) is 35.4 Å². The Labute approximate surface area is 193 Å². The van der Waals surface area contributed by atoms with Crippen LogP contribution in [-0.4, -0.2) is 54.3 Å². The van der Waals surface area contributed by atoms with Gasteiger partial charge in [-0.2, -0.15) is 11.3 Å². The first-order valence-corrected chi connectivity index (χ1v) is 11.9. The third kappa shape index (κ3) is 5.12. The highest BCUT2D eigenvalue weighted by Gasteiger charge is 2.37. The van der Waals surface area contributed by atoms with Crippen LogP contribution in [0.15, 0.2) is 46.8 Å². The second-order valence-corrected chi connectivity index (χ2v) is 9.65. The Bertz CT molecular complexity index is 1080. The summed E-state index contributed by atoms with van der Waals surface area (Å²) in [5.41, 5.74) is 5.75. The highest BCUT2D eigenvalue weighted by molar-refractivity contribution is 9.09. The van der Waals surface area contributed by atoms with E-state index in [-0.39, 0.29) is 0 Å². The van der Waals surface area contributed by atoms with Crippen LogP contribution in [0.4, 0.5) is 4.79 Å². The number of aromatic nitrogens is 1. The molecule has 1 aromatic carbocycles. The number of aromatic amines is 1. The average Bonchev–Trinajstić information content (AvgIpc) is 3.35. The van der Waals surface area contributed by atoms with Gasteiger partial charge in [-0.15, -0.1) is 0 Å². The smallest absolute Gasteiger partial charge is 0.404 e. The third-order valence-corrected chi connectivity index (χ3v) is 6.94. The highest BCUT2D eigenvalue weighted by Crippen LogP contribution is 2.39. The minimum atomic E-state index is -0.992. The summed E-state index contributed by atoms with van der Waals surface area (Å²) in [6.45, 7) is 2.55. The van der Waals surface area contributed by atoms with Crippen LogP contribution in [0.25, 0.3) is 17.0 Å². The van der Waals surface area contributed by atoms with E-state index in [1.165, 1.54) is 10.9 Å². The van der Waals surface area contributed by atoms with Gasteiger partial charge in [-0.1, -0.05) is 18.2 Å². The molecule has 1 unspecified atom stereocenters. The number of nitrogens with one attached hydrogen (secondary N) is 4. The standard InChI is InChI=1S/C22H26BrN5O2S/c1-28(9-7-24-21(29)30)10-8-25-22(23)20-17-4-2-3-5-18(17)26-19(20)13-16(27-22)12-15-6-11-31-14-15/h2-6,11,13-14,24-27H,7-10,12H2,1H3,(H,29,30). The van der Waals surface area contributed by atoms with Crippen LogP contribution in [0.3, 0.4) is 0 Å². The molecule has 5 N–H and O–H groups in total. The Hall–Kier alpha value is -2.33. The van der Waals surface area contributed by atoms with Crippen molar-refractivity contribution in [2.45, 2.75) is 11.0 Å². The number of rotatable bonds is 9. The minimum absolute atomic E-state index is 0.406. The van der Waals surface area contributed by atoms with Gasteiger partial charge in [0.25, 0.3) is 0 Å². The van der Waals surface area contributed by atoms with Crippen molar-refractivity contribution in [2.24, 2.45) is 0 Å². The Kier molecular flexibility index (Phi) is 6.66. The van der Waals surface area contributed by atoms with Crippen LogP contribution in [0.2, 0.25) is 0 Å². The van der Waals surface area contributed by atoms with Crippen molar-refractivity contribution in [2.75, 3.05) is 33.2 Å². The van der Waals surface area contributed by atoms with Crippen molar-refractivity contribution in [1.82, 2.24) is 25.8 Å². The molecule has 3 heterocycles. The number of hydrogen-bond acceptors (Lipinski definition) is 5. The van der Waals surface area contributed by atoms with E-state index in [9.17, 15) is 4.79 Å². The molecule has 164 valence electrons. The molecule has 31 heavy (non-hydrogen) atoms. The number of thiophene rings is 1. The van der Waals surface area contributed by atoms with Gasteiger partial charge >= 0.3 is 6.09 Å². The number of amides is 1. The second-order valence-electron chi connectivity index (χ2n) is 7.68. The summed E-state index contributed by atoms with van der Waals surface area (Å²) in [5.74, 6) is 0. The zero-order valence-electron chi connectivity index (χ0n) is 17.2. The molecule has 1 amide bonds. The number of fused-ring (bicyclic) bond motifs is 3. The van der Waals surface area contributed by atoms with Gasteiger partial charge in [0.2, 0.25) is 0 Å². The van der Waals surface area contributed by atoms with E-state index < -0.39 is 10.7 Å². The number of carboxylic acid groups (broad SMARTS) is 1. The van der Waals surface area contributed by atoms with Gasteiger partial charge in [0.1, 0.15) is 0 Å². The van der Waals surface area contributed by atoms with Gasteiger partial charge < -0.3 is 25.6 Å². The first-order chi connectivity index (χ1) is 14.9. The van der Waals surface area contributed by atoms with Gasteiger partial charge in [-0.3, -0.25) is 5.32 Å². The average molecular weight is 504 g/mol. The van der Waals surface area contributed by atoms with E-state index in [4.69, 9.17) is 5.11 Å². The summed E-state index contributed by atoms with van der Waals surface area (Å²) in [4.78, 5) is 16.3. The lowest BCUT2D eigenvalue weighted by Gasteiger charge is -2.36. The quantitative estimate of drug-likeness (QED) is 0.226. The molecule has 0 saturated carbocycles. The minimum Gasteiger partial charge on any atom is -0.465 e. The van der Waals surface area contributed by atoms with Crippen molar-refractivity contribution in [3.63, 3.8) is 0 Å². The van der Waals surface area contributed by atoms with Crippen LogP contribution in [-0.2, 0) is 11.0 Å². The number of alkyl halides is 1. The fourth-order valence-electron chi connectivity index (χ4n) is 3.86. The van der Waals surface area contributed by atoms with E-state index in [1.807, 2.05) is 13.1 Å². The highest BCUT2D eigenvalue weighted by atomic mass is 79.9. The molecule has 0 radical (unpaired) electrons. The number of allylic oxidation sites excluding steroid dienone is 1. The van der Waals surface area contributed by atoms with Crippen LogP contribution in [0.1, 0.15) is 16.8 Å². The first-order valence-electron chi connectivity index (χ1n) is 10.1. The summed E-state index contributed by atoms with van der Waals surface area (Å²) >= 11 is 5.68. The number of likely N-dealkylation sites (N-methyl/N-ethyl adjacent to an activating group) is 1. The SMILES string of the molecule is CN(CCNC(=O)O)CCNC1(Br)NC(Cc2ccsc2)=Cc2[nH]c3ccccc3c21. The lowest BCUT2D eigenvalue weighted by molar-refractivity contribution is 0.192. The normalized spacial score (nSPS) is 18.0. The molecule has 1 aliphatic rings. The molecule has 0 fully saturated rings. The Morgan fingerprint density at radius 2 is 2.06 bits per heavy atom. The maximum Gasteiger partial charge on any atom is 0.404 e. The van der Waals surface area contributed by atoms with Crippen molar-refractivity contribution in [1.29, 1.82) is 0 Å². The van der Waals surface area contributed by atoms with Gasteiger partial charge in [0.05, 0.1) is 0 Å². The van der Waals surface area contributed by atoms with E-state index >= 15 is 0 Å². The predicted octanol–water partition coefficient (Wildman–Crippen LogP) is 3.71. The molecule has 7 nitrogen and oxygen atoms in total. The fourth-order valence-corrected chi connectivity index (χ4v) is 5.41. The predicted molar refractivity (Wildman–Crippen MR) is 130 cm³/mol. The summed E-state index contributed by atoms with van der Waals surface area (Å²) < 4.78 is -0.609. The number of nitrogens with zero attached hydrogens (tertiary/aromatic N) is 1. The molecular weight excluding hydrogens is 478 g/mol. The third-order valence-electron chi connectivity index (χ3n) is 5.34. The molecule has 0 saturated heterocycles. The molecule has 1 aliphatic heterocycles. The molecule has 0 spiro atoms. The number of benzene rings is 1. The zero-order valence-corrected chi connectivity index (χ0v) is 19.6. The number of hydrogen-bond donors (Lipinski definition) is 5. The molecule has 3 aromatic rings. The number of carbonyl (C=O) groups is 1. The van der Waals surface area contributed by atoms with Crippen LogP contribution in [0, 0.1) is 0 Å². The van der Waals surface area contributed by atoms with Gasteiger partial charge in [-0.25, -0.2) is 4.79 Å². The number of halogens is 1. The molecule has 2 aromatic heterocycles. The van der Waals surface area contributed by atoms with Gasteiger partial charge in [0, 0.05) is 60.5 Å². The molecule has 0 aliphatic carbocycles. The monoisotopic (exact) mass is 503 g/mol.